The maximum Gasteiger partial charge on any atom is 0.259 e. The minimum atomic E-state index is -1.74. The summed E-state index contributed by atoms with van der Waals surface area (Å²) in [6, 6.07) is 8.13. The first-order chi connectivity index (χ1) is 10.5. The molecule has 1 amide bonds. The van der Waals surface area contributed by atoms with Gasteiger partial charge in [-0.2, -0.15) is 0 Å². The van der Waals surface area contributed by atoms with E-state index in [1.165, 1.54) is 5.56 Å². The van der Waals surface area contributed by atoms with Crippen molar-refractivity contribution in [2.75, 3.05) is 13.1 Å². The number of halogens is 1. The first-order valence-electron chi connectivity index (χ1n) is 8.27. The summed E-state index contributed by atoms with van der Waals surface area (Å²) in [5.41, 5.74) is 0.522. The molecular weight excluding hydrogens is 279 g/mol. The number of rotatable bonds is 5. The predicted octanol–water partition coefficient (Wildman–Crippen LogP) is 2.76. The molecule has 1 aromatic carbocycles. The molecule has 2 unspecified atom stereocenters. The number of hydrogen-bond donors (Lipinski definition) is 2. The highest BCUT2D eigenvalue weighted by atomic mass is 19.1. The molecule has 3 rings (SSSR count). The summed E-state index contributed by atoms with van der Waals surface area (Å²) in [5.74, 6) is 0.218. The summed E-state index contributed by atoms with van der Waals surface area (Å²) >= 11 is 0. The van der Waals surface area contributed by atoms with Crippen LogP contribution in [0.15, 0.2) is 24.3 Å². The molecule has 1 saturated heterocycles. The summed E-state index contributed by atoms with van der Waals surface area (Å²) in [6.07, 6.45) is 2.11. The van der Waals surface area contributed by atoms with Gasteiger partial charge in [0.25, 0.3) is 5.91 Å². The molecule has 3 nitrogen and oxygen atoms in total. The van der Waals surface area contributed by atoms with E-state index in [1.54, 1.807) is 0 Å². The van der Waals surface area contributed by atoms with Gasteiger partial charge in [0.05, 0.1) is 0 Å². The molecular formula is C18H25FN2O. The Morgan fingerprint density at radius 1 is 1.45 bits per heavy atom. The van der Waals surface area contributed by atoms with Crippen LogP contribution in [0.2, 0.25) is 0 Å². The summed E-state index contributed by atoms with van der Waals surface area (Å²) in [7, 11) is 0. The minimum Gasteiger partial charge on any atom is -0.349 e. The first-order valence-corrected chi connectivity index (χ1v) is 8.27. The lowest BCUT2D eigenvalue weighted by molar-refractivity contribution is -0.134. The van der Waals surface area contributed by atoms with E-state index in [0.717, 1.165) is 18.4 Å². The van der Waals surface area contributed by atoms with Crippen LogP contribution in [-0.4, -0.2) is 24.7 Å². The zero-order chi connectivity index (χ0) is 15.7. The standard InChI is InChI=1S/C18H25FN2O/c1-12(2)15-5-3-4-13(8-15)9-21-17(22)18(19)11-20-10-16(18)14-6-7-14/h3-5,8,12,14,16,20H,6-7,9-11H2,1-2H3,(H,21,22). The first kappa shape index (κ1) is 15.5. The van der Waals surface area contributed by atoms with Crippen LogP contribution in [0.4, 0.5) is 4.39 Å². The highest BCUT2D eigenvalue weighted by Crippen LogP contribution is 2.45. The lowest BCUT2D eigenvalue weighted by Gasteiger charge is -2.25. The molecule has 1 aliphatic heterocycles. The van der Waals surface area contributed by atoms with Crippen molar-refractivity contribution in [1.82, 2.24) is 10.6 Å². The van der Waals surface area contributed by atoms with Gasteiger partial charge in [0.2, 0.25) is 5.67 Å². The van der Waals surface area contributed by atoms with E-state index in [-0.39, 0.29) is 12.5 Å². The molecule has 1 aliphatic carbocycles. The fourth-order valence-corrected chi connectivity index (χ4v) is 3.38. The lowest BCUT2D eigenvalue weighted by Crippen LogP contribution is -2.49. The van der Waals surface area contributed by atoms with Crippen molar-refractivity contribution >= 4 is 5.91 Å². The molecule has 0 spiro atoms. The van der Waals surface area contributed by atoms with Gasteiger partial charge in [0.1, 0.15) is 0 Å². The third kappa shape index (κ3) is 3.02. The summed E-state index contributed by atoms with van der Waals surface area (Å²) in [4.78, 5) is 12.4. The molecule has 0 radical (unpaired) electrons. The summed E-state index contributed by atoms with van der Waals surface area (Å²) in [5, 5.41) is 5.86. The van der Waals surface area contributed by atoms with Crippen LogP contribution in [0.1, 0.15) is 43.7 Å². The largest absolute Gasteiger partial charge is 0.349 e. The van der Waals surface area contributed by atoms with Crippen LogP contribution < -0.4 is 10.6 Å². The van der Waals surface area contributed by atoms with Gasteiger partial charge >= 0.3 is 0 Å². The van der Waals surface area contributed by atoms with Crippen molar-refractivity contribution in [2.45, 2.75) is 44.8 Å². The van der Waals surface area contributed by atoms with Crippen molar-refractivity contribution in [3.8, 4) is 0 Å². The quantitative estimate of drug-likeness (QED) is 0.878. The van der Waals surface area contributed by atoms with Crippen molar-refractivity contribution in [1.29, 1.82) is 0 Å². The molecule has 1 aromatic rings. The van der Waals surface area contributed by atoms with Crippen LogP contribution in [0.25, 0.3) is 0 Å². The SMILES string of the molecule is CC(C)c1cccc(CNC(=O)C2(F)CNCC2C2CC2)c1. The molecule has 2 fully saturated rings. The van der Waals surface area contributed by atoms with Crippen LogP contribution in [0.3, 0.4) is 0 Å². The minimum absolute atomic E-state index is 0.145. The number of carbonyl (C=O) groups is 1. The van der Waals surface area contributed by atoms with E-state index >= 15 is 4.39 Å². The van der Waals surface area contributed by atoms with E-state index < -0.39 is 11.6 Å². The highest BCUT2D eigenvalue weighted by Gasteiger charge is 2.55. The third-order valence-electron chi connectivity index (χ3n) is 4.97. The van der Waals surface area contributed by atoms with E-state index in [0.29, 0.717) is 24.9 Å². The molecule has 1 saturated carbocycles. The van der Waals surface area contributed by atoms with Gasteiger partial charge in [-0.1, -0.05) is 38.1 Å². The number of amides is 1. The van der Waals surface area contributed by atoms with Gasteiger partial charge in [0.15, 0.2) is 0 Å². The Labute approximate surface area is 131 Å². The average molecular weight is 304 g/mol. The second kappa shape index (κ2) is 5.99. The second-order valence-corrected chi connectivity index (χ2v) is 7.02. The van der Waals surface area contributed by atoms with E-state index in [4.69, 9.17) is 0 Å². The van der Waals surface area contributed by atoms with E-state index in [1.807, 2.05) is 12.1 Å². The lowest BCUT2D eigenvalue weighted by atomic mass is 9.87. The predicted molar refractivity (Wildman–Crippen MR) is 85.3 cm³/mol. The fraction of sp³-hybridized carbons (Fsp3) is 0.611. The van der Waals surface area contributed by atoms with Crippen molar-refractivity contribution < 1.29 is 9.18 Å². The molecule has 2 N–H and O–H groups in total. The Balaban J connectivity index is 1.63. The Kier molecular flexibility index (Phi) is 4.22. The molecule has 2 atom stereocenters. The third-order valence-corrected chi connectivity index (χ3v) is 4.97. The number of nitrogens with one attached hydrogen (secondary N) is 2. The van der Waals surface area contributed by atoms with Crippen LogP contribution in [-0.2, 0) is 11.3 Å². The molecule has 2 aliphatic rings. The number of alkyl halides is 1. The number of carbonyl (C=O) groups excluding carboxylic acids is 1. The fourth-order valence-electron chi connectivity index (χ4n) is 3.38. The Hall–Kier alpha value is -1.42. The Morgan fingerprint density at radius 2 is 2.23 bits per heavy atom. The molecule has 0 aromatic heterocycles. The smallest absolute Gasteiger partial charge is 0.259 e. The van der Waals surface area contributed by atoms with Crippen LogP contribution >= 0.6 is 0 Å². The van der Waals surface area contributed by atoms with Gasteiger partial charge in [-0.25, -0.2) is 4.39 Å². The monoisotopic (exact) mass is 304 g/mol. The van der Waals surface area contributed by atoms with Crippen LogP contribution in [0, 0.1) is 11.8 Å². The van der Waals surface area contributed by atoms with Crippen molar-refractivity contribution in [3.05, 3.63) is 35.4 Å². The normalized spacial score (nSPS) is 28.1. The van der Waals surface area contributed by atoms with Gasteiger partial charge in [0, 0.05) is 25.6 Å². The molecule has 4 heteroatoms. The molecule has 22 heavy (non-hydrogen) atoms. The maximum absolute atomic E-state index is 15.1. The van der Waals surface area contributed by atoms with E-state index in [9.17, 15) is 4.79 Å². The topological polar surface area (TPSA) is 41.1 Å². The van der Waals surface area contributed by atoms with Gasteiger partial charge in [-0.3, -0.25) is 4.79 Å². The van der Waals surface area contributed by atoms with Crippen molar-refractivity contribution in [3.63, 3.8) is 0 Å². The molecule has 1 heterocycles. The van der Waals surface area contributed by atoms with E-state index in [2.05, 4.69) is 36.6 Å². The van der Waals surface area contributed by atoms with Gasteiger partial charge in [-0.15, -0.1) is 0 Å². The average Bonchev–Trinajstić information content (AvgIpc) is 3.27. The van der Waals surface area contributed by atoms with Crippen LogP contribution in [0.5, 0.6) is 0 Å². The molecule has 120 valence electrons. The molecule has 0 bridgehead atoms. The summed E-state index contributed by atoms with van der Waals surface area (Å²) in [6.45, 7) is 5.43. The van der Waals surface area contributed by atoms with Gasteiger partial charge in [-0.05, 0) is 35.8 Å². The maximum atomic E-state index is 15.1. The zero-order valence-corrected chi connectivity index (χ0v) is 13.4. The summed E-state index contributed by atoms with van der Waals surface area (Å²) < 4.78 is 15.1. The number of hydrogen-bond acceptors (Lipinski definition) is 2. The zero-order valence-electron chi connectivity index (χ0n) is 13.4. The Morgan fingerprint density at radius 3 is 2.91 bits per heavy atom. The Bertz CT molecular complexity index is 556. The highest BCUT2D eigenvalue weighted by molar-refractivity contribution is 5.86. The van der Waals surface area contributed by atoms with Gasteiger partial charge < -0.3 is 10.6 Å². The second-order valence-electron chi connectivity index (χ2n) is 7.02. The number of benzene rings is 1. The van der Waals surface area contributed by atoms with Crippen molar-refractivity contribution in [2.24, 2.45) is 11.8 Å².